The van der Waals surface area contributed by atoms with Crippen molar-refractivity contribution < 1.29 is 4.92 Å². The second kappa shape index (κ2) is 5.60. The number of hydrogen-bond acceptors (Lipinski definition) is 6. The summed E-state index contributed by atoms with van der Waals surface area (Å²) in [5.41, 5.74) is 0.888. The summed E-state index contributed by atoms with van der Waals surface area (Å²) in [4.78, 5) is 14.5. The number of hydrogen-bond donors (Lipinski definition) is 1. The molecule has 9 nitrogen and oxygen atoms in total. The average Bonchev–Trinajstić information content (AvgIpc) is 3.05. The molecular weight excluding hydrogens is 274 g/mol. The number of nitro groups is 1. The third-order valence-electron chi connectivity index (χ3n) is 3.51. The van der Waals surface area contributed by atoms with Crippen LogP contribution in [-0.4, -0.2) is 35.5 Å². The van der Waals surface area contributed by atoms with Gasteiger partial charge >= 0.3 is 5.82 Å². The first-order chi connectivity index (χ1) is 10.1. The molecule has 0 bridgehead atoms. The summed E-state index contributed by atoms with van der Waals surface area (Å²) in [6.07, 6.45) is 5.62. The third-order valence-corrected chi connectivity index (χ3v) is 3.51. The molecule has 1 N–H and O–H groups in total. The molecule has 112 valence electrons. The molecule has 0 spiro atoms. The van der Waals surface area contributed by atoms with Gasteiger partial charge in [0.05, 0.1) is 12.2 Å². The predicted molar refractivity (Wildman–Crippen MR) is 73.5 cm³/mol. The Bertz CT molecular complexity index is 644. The molecule has 1 fully saturated rings. The van der Waals surface area contributed by atoms with Gasteiger partial charge in [-0.05, 0) is 17.8 Å². The number of nitrogens with one attached hydrogen (secondary N) is 1. The first-order valence-electron chi connectivity index (χ1n) is 6.92. The lowest BCUT2D eigenvalue weighted by Gasteiger charge is -2.02. The number of rotatable bonds is 7. The molecule has 0 aromatic carbocycles. The zero-order valence-electron chi connectivity index (χ0n) is 11.8. The molecule has 3 rings (SSSR count). The van der Waals surface area contributed by atoms with Gasteiger partial charge in [-0.3, -0.25) is 0 Å². The minimum atomic E-state index is -0.424. The first-order valence-corrected chi connectivity index (χ1v) is 6.92. The third kappa shape index (κ3) is 3.24. The molecule has 2 heterocycles. The summed E-state index contributed by atoms with van der Waals surface area (Å²) in [7, 11) is 0. The fourth-order valence-electron chi connectivity index (χ4n) is 2.15. The van der Waals surface area contributed by atoms with Gasteiger partial charge in [0.1, 0.15) is 12.7 Å². The summed E-state index contributed by atoms with van der Waals surface area (Å²) in [5.74, 6) is 0.626. The maximum absolute atomic E-state index is 10.9. The van der Waals surface area contributed by atoms with E-state index >= 15 is 0 Å². The lowest BCUT2D eigenvalue weighted by Crippen LogP contribution is -2.15. The maximum atomic E-state index is 10.9. The van der Waals surface area contributed by atoms with Crippen LogP contribution in [0.5, 0.6) is 0 Å². The number of imidazole rings is 1. The van der Waals surface area contributed by atoms with Gasteiger partial charge in [0.25, 0.3) is 0 Å². The van der Waals surface area contributed by atoms with Gasteiger partial charge in [0.2, 0.25) is 0 Å². The standard InChI is InChI=1S/C12H17N7O2/c1-9-13-7-12(19(20)21)18(9)5-4-17-8-11(15-16-17)6-14-10-2-3-10/h7-8,10,14H,2-6H2,1H3. The molecule has 2 aromatic heterocycles. The van der Waals surface area contributed by atoms with Crippen LogP contribution in [0.1, 0.15) is 24.4 Å². The van der Waals surface area contributed by atoms with Crippen molar-refractivity contribution in [1.82, 2.24) is 29.9 Å². The Kier molecular flexibility index (Phi) is 3.65. The summed E-state index contributed by atoms with van der Waals surface area (Å²) in [5, 5.41) is 22.4. The summed E-state index contributed by atoms with van der Waals surface area (Å²) >= 11 is 0. The molecule has 0 unspecified atom stereocenters. The quantitative estimate of drug-likeness (QED) is 0.593. The normalized spacial score (nSPS) is 14.5. The molecule has 1 aliphatic rings. The van der Waals surface area contributed by atoms with Gasteiger partial charge in [-0.1, -0.05) is 5.21 Å². The van der Waals surface area contributed by atoms with E-state index in [1.807, 2.05) is 6.20 Å². The lowest BCUT2D eigenvalue weighted by atomic mass is 10.4. The second-order valence-corrected chi connectivity index (χ2v) is 5.20. The van der Waals surface area contributed by atoms with E-state index in [4.69, 9.17) is 0 Å². The molecule has 0 radical (unpaired) electrons. The number of nitrogens with zero attached hydrogens (tertiary/aromatic N) is 6. The Labute approximate surface area is 121 Å². The van der Waals surface area contributed by atoms with Crippen LogP contribution in [0.15, 0.2) is 12.4 Å². The summed E-state index contributed by atoms with van der Waals surface area (Å²) in [6, 6.07) is 0.631. The molecule has 21 heavy (non-hydrogen) atoms. The van der Waals surface area contributed by atoms with Crippen LogP contribution in [0.3, 0.4) is 0 Å². The van der Waals surface area contributed by atoms with Gasteiger partial charge in [-0.2, -0.15) is 0 Å². The fraction of sp³-hybridized carbons (Fsp3) is 0.583. The van der Waals surface area contributed by atoms with Crippen LogP contribution in [0.4, 0.5) is 5.82 Å². The van der Waals surface area contributed by atoms with E-state index in [0.717, 1.165) is 12.2 Å². The molecule has 0 aliphatic heterocycles. The van der Waals surface area contributed by atoms with E-state index in [1.165, 1.54) is 19.0 Å². The van der Waals surface area contributed by atoms with Gasteiger partial charge < -0.3 is 15.4 Å². The lowest BCUT2D eigenvalue weighted by molar-refractivity contribution is -0.392. The van der Waals surface area contributed by atoms with Crippen molar-refractivity contribution in [3.63, 3.8) is 0 Å². The Morgan fingerprint density at radius 3 is 3.00 bits per heavy atom. The smallest absolute Gasteiger partial charge is 0.342 e. The molecule has 0 atom stereocenters. The maximum Gasteiger partial charge on any atom is 0.342 e. The van der Waals surface area contributed by atoms with Crippen molar-refractivity contribution in [2.45, 2.75) is 45.4 Å². The average molecular weight is 291 g/mol. The van der Waals surface area contributed by atoms with Crippen LogP contribution >= 0.6 is 0 Å². The van der Waals surface area contributed by atoms with Crippen molar-refractivity contribution >= 4 is 5.82 Å². The zero-order chi connectivity index (χ0) is 14.8. The summed E-state index contributed by atoms with van der Waals surface area (Å²) < 4.78 is 3.27. The van der Waals surface area contributed by atoms with E-state index in [9.17, 15) is 10.1 Å². The van der Waals surface area contributed by atoms with Crippen LogP contribution in [0, 0.1) is 17.0 Å². The Hall–Kier alpha value is -2.29. The largest absolute Gasteiger partial charge is 0.358 e. The molecule has 9 heteroatoms. The van der Waals surface area contributed by atoms with Crippen LogP contribution < -0.4 is 5.32 Å². The van der Waals surface area contributed by atoms with E-state index in [-0.39, 0.29) is 5.82 Å². The number of aryl methyl sites for hydroxylation is 2. The van der Waals surface area contributed by atoms with Crippen LogP contribution in [0.25, 0.3) is 0 Å². The van der Waals surface area contributed by atoms with Crippen molar-refractivity contribution in [2.75, 3.05) is 0 Å². The molecule has 0 amide bonds. The number of aromatic nitrogens is 5. The molecule has 2 aromatic rings. The highest BCUT2D eigenvalue weighted by molar-refractivity contribution is 5.18. The fourth-order valence-corrected chi connectivity index (χ4v) is 2.15. The van der Waals surface area contributed by atoms with Crippen molar-refractivity contribution in [2.24, 2.45) is 0 Å². The van der Waals surface area contributed by atoms with Gasteiger partial charge in [-0.15, -0.1) is 5.10 Å². The van der Waals surface area contributed by atoms with Crippen molar-refractivity contribution in [3.8, 4) is 0 Å². The Morgan fingerprint density at radius 1 is 1.48 bits per heavy atom. The molecular formula is C12H17N7O2. The van der Waals surface area contributed by atoms with Crippen molar-refractivity contribution in [3.05, 3.63) is 34.0 Å². The van der Waals surface area contributed by atoms with Gasteiger partial charge in [-0.25, -0.2) is 14.2 Å². The van der Waals surface area contributed by atoms with E-state index in [1.54, 1.807) is 16.2 Å². The van der Waals surface area contributed by atoms with Gasteiger partial charge in [0, 0.05) is 25.7 Å². The molecule has 0 saturated heterocycles. The SMILES string of the molecule is Cc1ncc([N+](=O)[O-])n1CCn1cc(CNC2CC2)nn1. The predicted octanol–water partition coefficient (Wildman–Crippen LogP) is 0.643. The highest BCUT2D eigenvalue weighted by Crippen LogP contribution is 2.19. The topological polar surface area (TPSA) is 104 Å². The summed E-state index contributed by atoms with van der Waals surface area (Å²) in [6.45, 7) is 3.43. The highest BCUT2D eigenvalue weighted by atomic mass is 16.6. The first kappa shape index (κ1) is 13.7. The van der Waals surface area contributed by atoms with Gasteiger partial charge in [0.15, 0.2) is 5.82 Å². The minimum Gasteiger partial charge on any atom is -0.358 e. The van der Waals surface area contributed by atoms with E-state index in [0.29, 0.717) is 25.0 Å². The van der Waals surface area contributed by atoms with Crippen molar-refractivity contribution in [1.29, 1.82) is 0 Å². The minimum absolute atomic E-state index is 0.00300. The monoisotopic (exact) mass is 291 g/mol. The van der Waals surface area contributed by atoms with E-state index in [2.05, 4.69) is 20.6 Å². The Balaban J connectivity index is 1.59. The van der Waals surface area contributed by atoms with Crippen LogP contribution in [-0.2, 0) is 19.6 Å². The zero-order valence-corrected chi connectivity index (χ0v) is 11.8. The highest BCUT2D eigenvalue weighted by Gasteiger charge is 2.20. The van der Waals surface area contributed by atoms with E-state index < -0.39 is 4.92 Å². The molecule has 1 aliphatic carbocycles. The Morgan fingerprint density at radius 2 is 2.29 bits per heavy atom. The second-order valence-electron chi connectivity index (χ2n) is 5.20. The van der Waals surface area contributed by atoms with Crippen LogP contribution in [0.2, 0.25) is 0 Å². The molecule has 1 saturated carbocycles.